The zero-order chi connectivity index (χ0) is 15.6. The second-order valence-electron chi connectivity index (χ2n) is 6.06. The number of ether oxygens (including phenoxy) is 2. The summed E-state index contributed by atoms with van der Waals surface area (Å²) >= 11 is 0. The van der Waals surface area contributed by atoms with Crippen molar-refractivity contribution < 1.29 is 23.8 Å². The van der Waals surface area contributed by atoms with Gasteiger partial charge in [0.2, 0.25) is 0 Å². The van der Waals surface area contributed by atoms with Crippen LogP contribution in [0, 0.1) is 5.82 Å². The Morgan fingerprint density at radius 3 is 2.48 bits per heavy atom. The Labute approximate surface area is 123 Å². The van der Waals surface area contributed by atoms with Gasteiger partial charge in [-0.25, -0.2) is 9.18 Å². The molecule has 1 amide bonds. The molecule has 116 valence electrons. The van der Waals surface area contributed by atoms with Gasteiger partial charge in [0.05, 0.1) is 13.1 Å². The van der Waals surface area contributed by atoms with Crippen LogP contribution >= 0.6 is 0 Å². The summed E-state index contributed by atoms with van der Waals surface area (Å²) in [7, 11) is 0. The summed E-state index contributed by atoms with van der Waals surface area (Å²) in [5.41, 5.74) is -0.585. The third kappa shape index (κ3) is 4.32. The van der Waals surface area contributed by atoms with Crippen LogP contribution in [-0.4, -0.2) is 47.0 Å². The first-order valence-corrected chi connectivity index (χ1v) is 6.83. The fraction of sp³-hybridized carbons (Fsp3) is 0.533. The summed E-state index contributed by atoms with van der Waals surface area (Å²) < 4.78 is 23.7. The molecule has 1 fully saturated rings. The zero-order valence-corrected chi connectivity index (χ0v) is 12.4. The highest BCUT2D eigenvalue weighted by Crippen LogP contribution is 2.21. The summed E-state index contributed by atoms with van der Waals surface area (Å²) in [6.45, 7) is 5.73. The fourth-order valence-electron chi connectivity index (χ4n) is 2.04. The summed E-state index contributed by atoms with van der Waals surface area (Å²) in [5.74, 6) is 0.0937. The normalized spacial score (nSPS) is 22.2. The monoisotopic (exact) mass is 297 g/mol. The SMILES string of the molecule is CC(C)(C)OC(=O)N1C[C@H](Oc2ccc(F)cc2)[C@@H](O)C1. The van der Waals surface area contributed by atoms with Crippen molar-refractivity contribution >= 4 is 6.09 Å². The number of benzene rings is 1. The van der Waals surface area contributed by atoms with Gasteiger partial charge in [-0.2, -0.15) is 0 Å². The maximum atomic E-state index is 12.8. The van der Waals surface area contributed by atoms with Gasteiger partial charge in [-0.15, -0.1) is 0 Å². The molecule has 2 atom stereocenters. The third-order valence-corrected chi connectivity index (χ3v) is 2.99. The van der Waals surface area contributed by atoms with Gasteiger partial charge in [0.25, 0.3) is 0 Å². The first kappa shape index (κ1) is 15.6. The number of carbonyl (C=O) groups excluding carboxylic acids is 1. The summed E-state index contributed by atoms with van der Waals surface area (Å²) in [6, 6.07) is 5.53. The van der Waals surface area contributed by atoms with E-state index in [1.165, 1.54) is 29.2 Å². The number of hydrogen-bond acceptors (Lipinski definition) is 4. The van der Waals surface area contributed by atoms with Gasteiger partial charge in [-0.3, -0.25) is 0 Å². The van der Waals surface area contributed by atoms with Crippen molar-refractivity contribution in [3.8, 4) is 5.75 Å². The minimum absolute atomic E-state index is 0.154. The first-order valence-electron chi connectivity index (χ1n) is 6.83. The highest BCUT2D eigenvalue weighted by Gasteiger charge is 2.37. The van der Waals surface area contributed by atoms with E-state index in [-0.39, 0.29) is 18.9 Å². The molecule has 1 aliphatic rings. The molecule has 0 radical (unpaired) electrons. The molecule has 0 saturated carbocycles. The molecule has 0 unspecified atom stereocenters. The number of rotatable bonds is 2. The van der Waals surface area contributed by atoms with Crippen LogP contribution in [0.25, 0.3) is 0 Å². The quantitative estimate of drug-likeness (QED) is 0.909. The Balaban J connectivity index is 1.94. The average molecular weight is 297 g/mol. The average Bonchev–Trinajstić information content (AvgIpc) is 2.72. The Morgan fingerprint density at radius 2 is 1.90 bits per heavy atom. The van der Waals surface area contributed by atoms with E-state index >= 15 is 0 Å². The van der Waals surface area contributed by atoms with E-state index in [1.54, 1.807) is 20.8 Å². The highest BCUT2D eigenvalue weighted by atomic mass is 19.1. The number of aliphatic hydroxyl groups is 1. The van der Waals surface area contributed by atoms with Gasteiger partial charge in [-0.1, -0.05) is 0 Å². The van der Waals surface area contributed by atoms with E-state index in [9.17, 15) is 14.3 Å². The Hall–Kier alpha value is -1.82. The van der Waals surface area contributed by atoms with Crippen molar-refractivity contribution in [2.75, 3.05) is 13.1 Å². The molecule has 21 heavy (non-hydrogen) atoms. The molecular weight excluding hydrogens is 277 g/mol. The molecule has 1 saturated heterocycles. The van der Waals surface area contributed by atoms with Crippen LogP contribution in [0.2, 0.25) is 0 Å². The number of hydrogen-bond donors (Lipinski definition) is 1. The molecule has 5 nitrogen and oxygen atoms in total. The lowest BCUT2D eigenvalue weighted by Crippen LogP contribution is -2.36. The lowest BCUT2D eigenvalue weighted by Gasteiger charge is -2.24. The number of amides is 1. The van der Waals surface area contributed by atoms with E-state index < -0.39 is 23.9 Å². The van der Waals surface area contributed by atoms with Crippen LogP contribution in [0.1, 0.15) is 20.8 Å². The third-order valence-electron chi connectivity index (χ3n) is 2.99. The van der Waals surface area contributed by atoms with Crippen molar-refractivity contribution in [3.63, 3.8) is 0 Å². The second kappa shape index (κ2) is 5.89. The Bertz CT molecular complexity index is 497. The topological polar surface area (TPSA) is 59.0 Å². The zero-order valence-electron chi connectivity index (χ0n) is 12.4. The molecule has 0 bridgehead atoms. The minimum atomic E-state index is -0.803. The highest BCUT2D eigenvalue weighted by molar-refractivity contribution is 5.68. The van der Waals surface area contributed by atoms with E-state index in [0.29, 0.717) is 5.75 Å². The Morgan fingerprint density at radius 1 is 1.29 bits per heavy atom. The van der Waals surface area contributed by atoms with Gasteiger partial charge in [0.1, 0.15) is 29.4 Å². The molecule has 1 N–H and O–H groups in total. The second-order valence-corrected chi connectivity index (χ2v) is 6.06. The summed E-state index contributed by atoms with van der Waals surface area (Å²) in [5, 5.41) is 9.97. The van der Waals surface area contributed by atoms with Crippen LogP contribution in [0.4, 0.5) is 9.18 Å². The predicted octanol–water partition coefficient (Wildman–Crippen LogP) is 2.18. The molecule has 0 aromatic heterocycles. The fourth-order valence-corrected chi connectivity index (χ4v) is 2.04. The lowest BCUT2D eigenvalue weighted by molar-refractivity contribution is 0.0268. The molecule has 6 heteroatoms. The molecule has 1 aromatic carbocycles. The number of aliphatic hydroxyl groups excluding tert-OH is 1. The van der Waals surface area contributed by atoms with Crippen LogP contribution in [-0.2, 0) is 4.74 Å². The molecule has 2 rings (SSSR count). The van der Waals surface area contributed by atoms with E-state index in [4.69, 9.17) is 9.47 Å². The first-order chi connectivity index (χ1) is 9.74. The molecule has 0 aliphatic carbocycles. The molecular formula is C15H20FNO4. The van der Waals surface area contributed by atoms with Crippen molar-refractivity contribution in [1.82, 2.24) is 4.90 Å². The largest absolute Gasteiger partial charge is 0.486 e. The van der Waals surface area contributed by atoms with Crippen molar-refractivity contribution in [2.24, 2.45) is 0 Å². The standard InChI is InChI=1S/C15H20FNO4/c1-15(2,3)21-14(19)17-8-12(18)13(9-17)20-11-6-4-10(16)5-7-11/h4-7,12-13,18H,8-9H2,1-3H3/t12-,13-/m0/s1. The number of carbonyl (C=O) groups is 1. The van der Waals surface area contributed by atoms with E-state index in [2.05, 4.69) is 0 Å². The van der Waals surface area contributed by atoms with Gasteiger partial charge in [-0.05, 0) is 45.0 Å². The van der Waals surface area contributed by atoms with E-state index in [0.717, 1.165) is 0 Å². The summed E-state index contributed by atoms with van der Waals surface area (Å²) in [6.07, 6.45) is -1.84. The smallest absolute Gasteiger partial charge is 0.410 e. The van der Waals surface area contributed by atoms with Crippen molar-refractivity contribution in [3.05, 3.63) is 30.1 Å². The minimum Gasteiger partial charge on any atom is -0.486 e. The summed E-state index contributed by atoms with van der Waals surface area (Å²) in [4.78, 5) is 13.3. The van der Waals surface area contributed by atoms with Crippen molar-refractivity contribution in [2.45, 2.75) is 38.6 Å². The number of nitrogens with zero attached hydrogens (tertiary/aromatic N) is 1. The molecule has 0 spiro atoms. The number of halogens is 1. The van der Waals surface area contributed by atoms with Gasteiger partial charge in [0.15, 0.2) is 0 Å². The van der Waals surface area contributed by atoms with Crippen molar-refractivity contribution in [1.29, 1.82) is 0 Å². The molecule has 1 heterocycles. The van der Waals surface area contributed by atoms with Crippen LogP contribution in [0.3, 0.4) is 0 Å². The number of β-amino-alcohol motifs (C(OH)–C–C–N with tert-alkyl or cyclic N) is 1. The molecule has 1 aromatic rings. The van der Waals surface area contributed by atoms with Crippen LogP contribution in [0.15, 0.2) is 24.3 Å². The van der Waals surface area contributed by atoms with Crippen LogP contribution in [0.5, 0.6) is 5.75 Å². The van der Waals surface area contributed by atoms with Gasteiger partial charge in [0, 0.05) is 0 Å². The van der Waals surface area contributed by atoms with Gasteiger partial charge < -0.3 is 19.5 Å². The maximum Gasteiger partial charge on any atom is 0.410 e. The maximum absolute atomic E-state index is 12.8. The van der Waals surface area contributed by atoms with Crippen LogP contribution < -0.4 is 4.74 Å². The molecule has 1 aliphatic heterocycles. The Kier molecular flexibility index (Phi) is 4.37. The predicted molar refractivity (Wildman–Crippen MR) is 74.6 cm³/mol. The number of likely N-dealkylation sites (tertiary alicyclic amines) is 1. The lowest BCUT2D eigenvalue weighted by atomic mass is 10.2. The van der Waals surface area contributed by atoms with E-state index in [1.807, 2.05) is 0 Å². The van der Waals surface area contributed by atoms with Gasteiger partial charge >= 0.3 is 6.09 Å².